The highest BCUT2D eigenvalue weighted by molar-refractivity contribution is 7.99. The Morgan fingerprint density at radius 2 is 2.03 bits per heavy atom. The number of thiophene rings is 1. The van der Waals surface area contributed by atoms with Crippen molar-refractivity contribution < 1.29 is 9.59 Å². The van der Waals surface area contributed by atoms with Crippen LogP contribution >= 0.6 is 23.1 Å². The number of aromatic nitrogens is 2. The van der Waals surface area contributed by atoms with Gasteiger partial charge in [-0.25, -0.2) is 9.78 Å². The molecule has 2 aromatic heterocycles. The summed E-state index contributed by atoms with van der Waals surface area (Å²) in [5, 5.41) is 7.92. The molecule has 0 saturated heterocycles. The maximum Gasteiger partial charge on any atom is 0.321 e. The van der Waals surface area contributed by atoms with Crippen LogP contribution in [0.15, 0.2) is 45.7 Å². The minimum Gasteiger partial charge on any atom is -0.338 e. The molecular formula is C20H20N4O3S2. The van der Waals surface area contributed by atoms with Crippen LogP contribution in [0, 0.1) is 0 Å². The summed E-state index contributed by atoms with van der Waals surface area (Å²) in [5.74, 6) is -0.0217. The Morgan fingerprint density at radius 3 is 2.72 bits per heavy atom. The SMILES string of the molecule is CCNC(=O)NC(=O)CSc1nc2scc(C3CC3)c2c(=O)n1-c1ccccc1. The molecule has 0 aliphatic heterocycles. The van der Waals surface area contributed by atoms with E-state index in [4.69, 9.17) is 4.98 Å². The predicted molar refractivity (Wildman–Crippen MR) is 115 cm³/mol. The average molecular weight is 429 g/mol. The molecule has 3 amide bonds. The fourth-order valence-electron chi connectivity index (χ4n) is 3.09. The third kappa shape index (κ3) is 4.20. The van der Waals surface area contributed by atoms with Crippen LogP contribution in [0.2, 0.25) is 0 Å². The Morgan fingerprint density at radius 1 is 1.28 bits per heavy atom. The van der Waals surface area contributed by atoms with Gasteiger partial charge in [-0.2, -0.15) is 0 Å². The highest BCUT2D eigenvalue weighted by Crippen LogP contribution is 2.44. The molecule has 1 aliphatic carbocycles. The van der Waals surface area contributed by atoms with Crippen LogP contribution in [0.4, 0.5) is 4.79 Å². The van der Waals surface area contributed by atoms with Crippen molar-refractivity contribution in [2.75, 3.05) is 12.3 Å². The van der Waals surface area contributed by atoms with Gasteiger partial charge < -0.3 is 5.32 Å². The number of carbonyl (C=O) groups is 2. The van der Waals surface area contributed by atoms with Gasteiger partial charge in [0.05, 0.1) is 16.8 Å². The van der Waals surface area contributed by atoms with E-state index >= 15 is 0 Å². The summed E-state index contributed by atoms with van der Waals surface area (Å²) in [6, 6.07) is 8.76. The number of hydrogen-bond acceptors (Lipinski definition) is 6. The lowest BCUT2D eigenvalue weighted by molar-refractivity contribution is -0.117. The molecule has 3 aromatic rings. The number of benzene rings is 1. The number of para-hydroxylation sites is 1. The van der Waals surface area contributed by atoms with Gasteiger partial charge in [-0.3, -0.25) is 19.5 Å². The standard InChI is InChI=1S/C20H20N4O3S2/c1-2-21-19(27)22-15(25)11-29-20-23-17-16(14(10-28-17)12-8-9-12)18(26)24(20)13-6-4-3-5-7-13/h3-7,10,12H,2,8-9,11H2,1H3,(H2,21,22,25,27). The summed E-state index contributed by atoms with van der Waals surface area (Å²) >= 11 is 2.60. The summed E-state index contributed by atoms with van der Waals surface area (Å²) in [7, 11) is 0. The molecule has 1 saturated carbocycles. The largest absolute Gasteiger partial charge is 0.338 e. The zero-order valence-corrected chi connectivity index (χ0v) is 17.4. The molecule has 0 bridgehead atoms. The Kier molecular flexibility index (Phi) is 5.68. The van der Waals surface area contributed by atoms with Gasteiger partial charge in [-0.1, -0.05) is 30.0 Å². The van der Waals surface area contributed by atoms with Gasteiger partial charge >= 0.3 is 6.03 Å². The first-order valence-electron chi connectivity index (χ1n) is 9.38. The van der Waals surface area contributed by atoms with E-state index in [9.17, 15) is 14.4 Å². The van der Waals surface area contributed by atoms with E-state index in [1.165, 1.54) is 11.3 Å². The molecule has 1 aliphatic rings. The van der Waals surface area contributed by atoms with Crippen LogP contribution in [-0.2, 0) is 4.79 Å². The summed E-state index contributed by atoms with van der Waals surface area (Å²) < 4.78 is 1.56. The Hall–Kier alpha value is -2.65. The first-order chi connectivity index (χ1) is 14.1. The van der Waals surface area contributed by atoms with Crippen molar-refractivity contribution in [3.63, 3.8) is 0 Å². The molecule has 7 nitrogen and oxygen atoms in total. The molecule has 0 atom stereocenters. The van der Waals surface area contributed by atoms with E-state index in [0.29, 0.717) is 33.5 Å². The number of urea groups is 1. The van der Waals surface area contributed by atoms with Crippen molar-refractivity contribution in [3.8, 4) is 5.69 Å². The minimum absolute atomic E-state index is 0.0250. The molecule has 29 heavy (non-hydrogen) atoms. The van der Waals surface area contributed by atoms with Gasteiger partial charge in [-0.15, -0.1) is 11.3 Å². The topological polar surface area (TPSA) is 93.1 Å². The molecule has 0 unspecified atom stereocenters. The minimum atomic E-state index is -0.533. The quantitative estimate of drug-likeness (QED) is 0.464. The summed E-state index contributed by atoms with van der Waals surface area (Å²) in [6.45, 7) is 2.20. The number of nitrogens with zero attached hydrogens (tertiary/aromatic N) is 2. The lowest BCUT2D eigenvalue weighted by atomic mass is 10.1. The van der Waals surface area contributed by atoms with Crippen LogP contribution in [0.3, 0.4) is 0 Å². The van der Waals surface area contributed by atoms with Crippen LogP contribution in [-0.4, -0.2) is 33.8 Å². The second-order valence-electron chi connectivity index (χ2n) is 6.71. The maximum absolute atomic E-state index is 13.4. The first kappa shape index (κ1) is 19.7. The molecule has 150 valence electrons. The molecule has 4 rings (SSSR count). The number of fused-ring (bicyclic) bond motifs is 1. The van der Waals surface area contributed by atoms with Gasteiger partial charge in [0.15, 0.2) is 5.16 Å². The maximum atomic E-state index is 13.4. The summed E-state index contributed by atoms with van der Waals surface area (Å²) in [4.78, 5) is 42.4. The smallest absolute Gasteiger partial charge is 0.321 e. The molecule has 0 radical (unpaired) electrons. The van der Waals surface area contributed by atoms with Gasteiger partial charge in [0, 0.05) is 6.54 Å². The molecule has 1 aromatic carbocycles. The normalized spacial score (nSPS) is 13.4. The summed E-state index contributed by atoms with van der Waals surface area (Å²) in [5.41, 5.74) is 1.67. The Labute approximate surface area is 175 Å². The number of nitrogens with one attached hydrogen (secondary N) is 2. The van der Waals surface area contributed by atoms with Crippen LogP contribution in [0.5, 0.6) is 0 Å². The number of thioether (sulfide) groups is 1. The van der Waals surface area contributed by atoms with Crippen molar-refractivity contribution in [1.82, 2.24) is 20.2 Å². The van der Waals surface area contributed by atoms with Crippen molar-refractivity contribution in [2.45, 2.75) is 30.8 Å². The van der Waals surface area contributed by atoms with E-state index in [1.54, 1.807) is 11.5 Å². The Balaban J connectivity index is 1.70. The molecule has 2 N–H and O–H groups in total. The van der Waals surface area contributed by atoms with E-state index in [2.05, 4.69) is 10.6 Å². The fraction of sp³-hybridized carbons (Fsp3) is 0.300. The van der Waals surface area contributed by atoms with E-state index in [-0.39, 0.29) is 11.3 Å². The zero-order chi connectivity index (χ0) is 20.4. The number of carbonyl (C=O) groups excluding carboxylic acids is 2. The zero-order valence-electron chi connectivity index (χ0n) is 15.8. The van der Waals surface area contributed by atoms with Crippen molar-refractivity contribution in [2.24, 2.45) is 0 Å². The van der Waals surface area contributed by atoms with E-state index in [1.807, 2.05) is 35.7 Å². The number of hydrogen-bond donors (Lipinski definition) is 2. The third-order valence-corrected chi connectivity index (χ3v) is 6.39. The van der Waals surface area contributed by atoms with Crippen LogP contribution < -0.4 is 16.2 Å². The van der Waals surface area contributed by atoms with Crippen LogP contribution in [0.25, 0.3) is 15.9 Å². The molecule has 9 heteroatoms. The molecule has 2 heterocycles. The second-order valence-corrected chi connectivity index (χ2v) is 8.51. The molecule has 0 spiro atoms. The molecule has 1 fully saturated rings. The highest BCUT2D eigenvalue weighted by Gasteiger charge is 2.29. The fourth-order valence-corrected chi connectivity index (χ4v) is 4.96. The summed E-state index contributed by atoms with van der Waals surface area (Å²) in [6.07, 6.45) is 2.21. The van der Waals surface area contributed by atoms with Crippen molar-refractivity contribution in [3.05, 3.63) is 51.6 Å². The van der Waals surface area contributed by atoms with Gasteiger partial charge in [0.2, 0.25) is 5.91 Å². The average Bonchev–Trinajstić information content (AvgIpc) is 3.46. The first-order valence-corrected chi connectivity index (χ1v) is 11.2. The van der Waals surface area contributed by atoms with Crippen molar-refractivity contribution in [1.29, 1.82) is 0 Å². The molecular weight excluding hydrogens is 408 g/mol. The van der Waals surface area contributed by atoms with Gasteiger partial charge in [0.25, 0.3) is 5.56 Å². The van der Waals surface area contributed by atoms with E-state index in [0.717, 1.165) is 30.2 Å². The lowest BCUT2D eigenvalue weighted by Gasteiger charge is -2.12. The van der Waals surface area contributed by atoms with Crippen LogP contribution in [0.1, 0.15) is 31.2 Å². The number of imide groups is 1. The van der Waals surface area contributed by atoms with Gasteiger partial charge in [-0.05, 0) is 48.8 Å². The monoisotopic (exact) mass is 428 g/mol. The van der Waals surface area contributed by atoms with Crippen molar-refractivity contribution >= 4 is 45.3 Å². The number of amides is 3. The highest BCUT2D eigenvalue weighted by atomic mass is 32.2. The van der Waals surface area contributed by atoms with E-state index < -0.39 is 11.9 Å². The lowest BCUT2D eigenvalue weighted by Crippen LogP contribution is -2.40. The Bertz CT molecular complexity index is 1120. The number of rotatable bonds is 6. The second kappa shape index (κ2) is 8.38. The third-order valence-electron chi connectivity index (χ3n) is 4.56. The van der Waals surface area contributed by atoms with Gasteiger partial charge in [0.1, 0.15) is 4.83 Å². The predicted octanol–water partition coefficient (Wildman–Crippen LogP) is 3.26.